The van der Waals surface area contributed by atoms with Crippen molar-refractivity contribution in [3.63, 3.8) is 0 Å². The van der Waals surface area contributed by atoms with Crippen molar-refractivity contribution in [2.45, 2.75) is 20.3 Å². The SMILES string of the molecule is Cc1nc(NN)c(C)c(NCCc2ccccc2)n1. The molecule has 5 heteroatoms. The summed E-state index contributed by atoms with van der Waals surface area (Å²) in [4.78, 5) is 8.63. The summed E-state index contributed by atoms with van der Waals surface area (Å²) in [7, 11) is 0. The van der Waals surface area contributed by atoms with Gasteiger partial charge in [-0.3, -0.25) is 0 Å². The van der Waals surface area contributed by atoms with Gasteiger partial charge in [0.2, 0.25) is 0 Å². The summed E-state index contributed by atoms with van der Waals surface area (Å²) in [6.45, 7) is 4.62. The third kappa shape index (κ3) is 3.42. The Morgan fingerprint density at radius 2 is 1.74 bits per heavy atom. The molecule has 0 aliphatic rings. The largest absolute Gasteiger partial charge is 0.369 e. The lowest BCUT2D eigenvalue weighted by atomic mass is 10.1. The molecule has 1 heterocycles. The molecular formula is C14H19N5. The fourth-order valence-corrected chi connectivity index (χ4v) is 1.91. The van der Waals surface area contributed by atoms with Crippen LogP contribution in [0.15, 0.2) is 30.3 Å². The lowest BCUT2D eigenvalue weighted by Crippen LogP contribution is -2.15. The predicted molar refractivity (Wildman–Crippen MR) is 78.0 cm³/mol. The fraction of sp³-hybridized carbons (Fsp3) is 0.286. The van der Waals surface area contributed by atoms with Crippen molar-refractivity contribution in [3.05, 3.63) is 47.3 Å². The summed E-state index contributed by atoms with van der Waals surface area (Å²) in [5.41, 5.74) is 4.83. The van der Waals surface area contributed by atoms with E-state index in [1.807, 2.05) is 32.0 Å². The first-order valence-electron chi connectivity index (χ1n) is 6.30. The Morgan fingerprint density at radius 1 is 1.05 bits per heavy atom. The molecule has 100 valence electrons. The van der Waals surface area contributed by atoms with Gasteiger partial charge in [0.15, 0.2) is 0 Å². The van der Waals surface area contributed by atoms with Gasteiger partial charge in [0, 0.05) is 12.1 Å². The Balaban J connectivity index is 2.02. The Hall–Kier alpha value is -2.14. The predicted octanol–water partition coefficient (Wildman–Crippen LogP) is 2.03. The molecular weight excluding hydrogens is 238 g/mol. The fourth-order valence-electron chi connectivity index (χ4n) is 1.91. The van der Waals surface area contributed by atoms with Crippen LogP contribution in [-0.4, -0.2) is 16.5 Å². The molecule has 0 saturated carbocycles. The molecule has 1 aromatic heterocycles. The van der Waals surface area contributed by atoms with E-state index in [1.54, 1.807) is 0 Å². The van der Waals surface area contributed by atoms with Crippen LogP contribution < -0.4 is 16.6 Å². The minimum absolute atomic E-state index is 0.662. The van der Waals surface area contributed by atoms with Crippen molar-refractivity contribution in [3.8, 4) is 0 Å². The topological polar surface area (TPSA) is 75.9 Å². The van der Waals surface area contributed by atoms with Crippen LogP contribution in [0, 0.1) is 13.8 Å². The number of benzene rings is 1. The standard InChI is InChI=1S/C14H19N5/c1-10-13(17-11(2)18-14(10)19-15)16-9-8-12-6-4-3-5-7-12/h3-7H,8-9,15H2,1-2H3,(H2,16,17,18,19). The zero-order valence-electron chi connectivity index (χ0n) is 11.3. The van der Waals surface area contributed by atoms with Crippen LogP contribution in [0.4, 0.5) is 11.6 Å². The van der Waals surface area contributed by atoms with E-state index < -0.39 is 0 Å². The second-order valence-electron chi connectivity index (χ2n) is 4.40. The third-order valence-electron chi connectivity index (χ3n) is 2.94. The summed E-state index contributed by atoms with van der Waals surface area (Å²) in [6.07, 6.45) is 0.953. The summed E-state index contributed by atoms with van der Waals surface area (Å²) in [6, 6.07) is 10.4. The van der Waals surface area contributed by atoms with Crippen LogP contribution in [-0.2, 0) is 6.42 Å². The first kappa shape index (κ1) is 13.3. The minimum Gasteiger partial charge on any atom is -0.369 e. The number of rotatable bonds is 5. The lowest BCUT2D eigenvalue weighted by molar-refractivity contribution is 0.968. The number of hydrazine groups is 1. The second-order valence-corrected chi connectivity index (χ2v) is 4.40. The molecule has 19 heavy (non-hydrogen) atoms. The number of hydrogen-bond donors (Lipinski definition) is 3. The molecule has 2 rings (SSSR count). The molecule has 0 radical (unpaired) electrons. The zero-order chi connectivity index (χ0) is 13.7. The van der Waals surface area contributed by atoms with Gasteiger partial charge in [-0.25, -0.2) is 15.8 Å². The normalized spacial score (nSPS) is 10.3. The number of aryl methyl sites for hydroxylation is 1. The Morgan fingerprint density at radius 3 is 2.42 bits per heavy atom. The second kappa shape index (κ2) is 6.15. The van der Waals surface area contributed by atoms with Crippen molar-refractivity contribution < 1.29 is 0 Å². The van der Waals surface area contributed by atoms with Crippen LogP contribution in [0.5, 0.6) is 0 Å². The van der Waals surface area contributed by atoms with Gasteiger partial charge in [0.25, 0.3) is 0 Å². The first-order chi connectivity index (χ1) is 9.20. The summed E-state index contributed by atoms with van der Waals surface area (Å²) in [5, 5.41) is 3.33. The lowest BCUT2D eigenvalue weighted by Gasteiger charge is -2.12. The van der Waals surface area contributed by atoms with E-state index >= 15 is 0 Å². The molecule has 0 atom stereocenters. The number of nitrogen functional groups attached to an aromatic ring is 1. The maximum absolute atomic E-state index is 5.44. The van der Waals surface area contributed by atoms with Crippen LogP contribution in [0.25, 0.3) is 0 Å². The Labute approximate surface area is 113 Å². The summed E-state index contributed by atoms with van der Waals surface area (Å²) < 4.78 is 0. The number of aromatic nitrogens is 2. The first-order valence-corrected chi connectivity index (χ1v) is 6.30. The highest BCUT2D eigenvalue weighted by molar-refractivity contribution is 5.56. The molecule has 1 aromatic carbocycles. The van der Waals surface area contributed by atoms with E-state index in [4.69, 9.17) is 5.84 Å². The van der Waals surface area contributed by atoms with Crippen LogP contribution in [0.1, 0.15) is 17.0 Å². The summed E-state index contributed by atoms with van der Waals surface area (Å²) >= 11 is 0. The Kier molecular flexibility index (Phi) is 4.30. The van der Waals surface area contributed by atoms with Gasteiger partial charge in [0.05, 0.1) is 0 Å². The molecule has 0 fully saturated rings. The quantitative estimate of drug-likeness (QED) is 0.564. The van der Waals surface area contributed by atoms with E-state index in [2.05, 4.69) is 32.8 Å². The number of anilines is 2. The molecule has 2 aromatic rings. The van der Waals surface area contributed by atoms with Crippen molar-refractivity contribution >= 4 is 11.6 Å². The Bertz CT molecular complexity index is 539. The highest BCUT2D eigenvalue weighted by atomic mass is 15.3. The molecule has 0 amide bonds. The number of nitrogens with zero attached hydrogens (tertiary/aromatic N) is 2. The molecule has 0 aliphatic carbocycles. The molecule has 0 aliphatic heterocycles. The number of hydrogen-bond acceptors (Lipinski definition) is 5. The maximum atomic E-state index is 5.44. The van der Waals surface area contributed by atoms with E-state index in [0.717, 1.165) is 24.3 Å². The van der Waals surface area contributed by atoms with Crippen molar-refractivity contribution in [2.24, 2.45) is 5.84 Å². The molecule has 0 unspecified atom stereocenters. The average Bonchev–Trinajstić information content (AvgIpc) is 2.43. The molecule has 0 saturated heterocycles. The van der Waals surface area contributed by atoms with Gasteiger partial charge >= 0.3 is 0 Å². The number of nitrogens with two attached hydrogens (primary N) is 1. The zero-order valence-corrected chi connectivity index (χ0v) is 11.3. The van der Waals surface area contributed by atoms with E-state index in [9.17, 15) is 0 Å². The van der Waals surface area contributed by atoms with E-state index in [1.165, 1.54) is 5.56 Å². The smallest absolute Gasteiger partial charge is 0.148 e. The molecule has 0 bridgehead atoms. The van der Waals surface area contributed by atoms with Gasteiger partial charge in [-0.2, -0.15) is 0 Å². The van der Waals surface area contributed by atoms with Crippen molar-refractivity contribution in [2.75, 3.05) is 17.3 Å². The average molecular weight is 257 g/mol. The van der Waals surface area contributed by atoms with Gasteiger partial charge in [-0.15, -0.1) is 0 Å². The van der Waals surface area contributed by atoms with Crippen LogP contribution in [0.2, 0.25) is 0 Å². The number of nitrogens with one attached hydrogen (secondary N) is 2. The maximum Gasteiger partial charge on any atom is 0.148 e. The molecule has 5 nitrogen and oxygen atoms in total. The molecule has 0 spiro atoms. The van der Waals surface area contributed by atoms with Crippen LogP contribution >= 0.6 is 0 Å². The van der Waals surface area contributed by atoms with Crippen molar-refractivity contribution in [1.29, 1.82) is 0 Å². The highest BCUT2D eigenvalue weighted by Gasteiger charge is 2.07. The van der Waals surface area contributed by atoms with Gasteiger partial charge < -0.3 is 10.7 Å². The summed E-state index contributed by atoms with van der Waals surface area (Å²) in [5.74, 6) is 7.63. The third-order valence-corrected chi connectivity index (χ3v) is 2.94. The van der Waals surface area contributed by atoms with Crippen LogP contribution in [0.3, 0.4) is 0 Å². The molecule has 4 N–H and O–H groups in total. The van der Waals surface area contributed by atoms with Gasteiger partial charge in [0.1, 0.15) is 17.5 Å². The highest BCUT2D eigenvalue weighted by Crippen LogP contribution is 2.18. The monoisotopic (exact) mass is 257 g/mol. The van der Waals surface area contributed by atoms with Gasteiger partial charge in [-0.05, 0) is 25.8 Å². The van der Waals surface area contributed by atoms with E-state index in [-0.39, 0.29) is 0 Å². The van der Waals surface area contributed by atoms with Gasteiger partial charge in [-0.1, -0.05) is 30.3 Å². The minimum atomic E-state index is 0.662. The van der Waals surface area contributed by atoms with E-state index in [0.29, 0.717) is 11.6 Å². The van der Waals surface area contributed by atoms with Crippen molar-refractivity contribution in [1.82, 2.24) is 9.97 Å².